The molecule has 1 saturated heterocycles. The number of aromatic hydroxyl groups is 1. The summed E-state index contributed by atoms with van der Waals surface area (Å²) in [5.41, 5.74) is 0.891. The van der Waals surface area contributed by atoms with Gasteiger partial charge >= 0.3 is 5.97 Å². The molecule has 1 aliphatic heterocycles. The van der Waals surface area contributed by atoms with Crippen LogP contribution in [0.4, 0.5) is 0 Å². The number of nitrogens with zero attached hydrogens (tertiary/aromatic N) is 1. The molecule has 2 rings (SSSR count). The van der Waals surface area contributed by atoms with Crippen LogP contribution in [-0.2, 0) is 16.1 Å². The molecule has 2 unspecified atom stereocenters. The van der Waals surface area contributed by atoms with Crippen molar-refractivity contribution in [3.05, 3.63) is 23.8 Å². The summed E-state index contributed by atoms with van der Waals surface area (Å²) in [7, 11) is 3.35. The molecule has 0 bridgehead atoms. The number of carboxylic acids is 1. The minimum absolute atomic E-state index is 0.0795. The van der Waals surface area contributed by atoms with Crippen LogP contribution in [-0.4, -0.2) is 54.5 Å². The molecule has 6 nitrogen and oxygen atoms in total. The molecule has 0 amide bonds. The van der Waals surface area contributed by atoms with Crippen molar-refractivity contribution >= 4 is 5.97 Å². The van der Waals surface area contributed by atoms with Crippen LogP contribution in [0.2, 0.25) is 0 Å². The lowest BCUT2D eigenvalue weighted by Crippen LogP contribution is -2.40. The van der Waals surface area contributed by atoms with Crippen LogP contribution in [0.5, 0.6) is 11.5 Å². The molecular formula is C14H19NO5. The number of phenols is 1. The zero-order valence-corrected chi connectivity index (χ0v) is 11.6. The molecule has 6 heteroatoms. The van der Waals surface area contributed by atoms with Crippen LogP contribution in [0, 0.1) is 5.92 Å². The third-order valence-corrected chi connectivity index (χ3v) is 3.61. The van der Waals surface area contributed by atoms with Gasteiger partial charge in [-0.15, -0.1) is 0 Å². The predicted octanol–water partition coefficient (Wildman–Crippen LogP) is 0.932. The van der Waals surface area contributed by atoms with Crippen LogP contribution in [0.3, 0.4) is 0 Å². The van der Waals surface area contributed by atoms with Crippen molar-refractivity contribution < 1.29 is 24.5 Å². The quantitative estimate of drug-likeness (QED) is 0.836. The zero-order chi connectivity index (χ0) is 14.7. The topological polar surface area (TPSA) is 79.2 Å². The highest BCUT2D eigenvalue weighted by molar-refractivity contribution is 5.71. The summed E-state index contributed by atoms with van der Waals surface area (Å²) in [6, 6.07) is 5.01. The zero-order valence-electron chi connectivity index (χ0n) is 11.6. The average molecular weight is 281 g/mol. The number of ether oxygens (including phenoxy) is 2. The molecular weight excluding hydrogens is 262 g/mol. The molecule has 2 atom stereocenters. The fourth-order valence-electron chi connectivity index (χ4n) is 2.45. The van der Waals surface area contributed by atoms with E-state index in [0.717, 1.165) is 5.56 Å². The first kappa shape index (κ1) is 14.6. The summed E-state index contributed by atoms with van der Waals surface area (Å²) >= 11 is 0. The van der Waals surface area contributed by atoms with E-state index in [4.69, 9.17) is 14.6 Å². The number of phenolic OH excluding ortho intramolecular Hbond substituents is 1. The molecule has 110 valence electrons. The van der Waals surface area contributed by atoms with E-state index in [-0.39, 0.29) is 18.4 Å². The second kappa shape index (κ2) is 6.11. The van der Waals surface area contributed by atoms with Crippen molar-refractivity contribution in [1.29, 1.82) is 0 Å². The van der Waals surface area contributed by atoms with Gasteiger partial charge in [-0.25, -0.2) is 0 Å². The van der Waals surface area contributed by atoms with E-state index in [1.165, 1.54) is 7.11 Å². The van der Waals surface area contributed by atoms with Crippen molar-refractivity contribution in [1.82, 2.24) is 4.90 Å². The molecule has 0 aromatic heterocycles. The smallest absolute Gasteiger partial charge is 0.310 e. The summed E-state index contributed by atoms with van der Waals surface area (Å²) in [6.45, 7) is 1.20. The summed E-state index contributed by atoms with van der Waals surface area (Å²) in [4.78, 5) is 13.1. The fourth-order valence-corrected chi connectivity index (χ4v) is 2.45. The number of likely N-dealkylation sites (N-methyl/N-ethyl adjacent to an activating group) is 1. The summed E-state index contributed by atoms with van der Waals surface area (Å²) in [5.74, 6) is -0.844. The maximum Gasteiger partial charge on any atom is 0.310 e. The Bertz CT molecular complexity index is 490. The van der Waals surface area contributed by atoms with E-state index in [1.54, 1.807) is 12.1 Å². The number of carbonyl (C=O) groups is 1. The van der Waals surface area contributed by atoms with E-state index >= 15 is 0 Å². The molecule has 1 heterocycles. The molecule has 1 fully saturated rings. The maximum absolute atomic E-state index is 11.1. The van der Waals surface area contributed by atoms with Gasteiger partial charge in [-0.05, 0) is 24.7 Å². The standard InChI is InChI=1S/C14H19NO5/c1-15(11-8-20-7-10(11)14(17)18)6-9-3-4-13(19-2)12(16)5-9/h3-5,10-11,16H,6-8H2,1-2H3,(H,17,18). The minimum atomic E-state index is -0.836. The van der Waals surface area contributed by atoms with Gasteiger partial charge in [0.2, 0.25) is 0 Å². The Morgan fingerprint density at radius 1 is 1.50 bits per heavy atom. The third-order valence-electron chi connectivity index (χ3n) is 3.61. The van der Waals surface area contributed by atoms with Crippen LogP contribution < -0.4 is 4.74 Å². The number of benzene rings is 1. The number of hydrogen-bond donors (Lipinski definition) is 2. The molecule has 2 N–H and O–H groups in total. The van der Waals surface area contributed by atoms with Crippen molar-refractivity contribution in [2.24, 2.45) is 5.92 Å². The van der Waals surface area contributed by atoms with Gasteiger partial charge in [0, 0.05) is 12.6 Å². The molecule has 0 saturated carbocycles. The lowest BCUT2D eigenvalue weighted by molar-refractivity contribution is -0.143. The van der Waals surface area contributed by atoms with E-state index in [0.29, 0.717) is 18.9 Å². The fraction of sp³-hybridized carbons (Fsp3) is 0.500. The average Bonchev–Trinajstić information content (AvgIpc) is 2.88. The number of methoxy groups -OCH3 is 1. The van der Waals surface area contributed by atoms with Gasteiger partial charge in [0.15, 0.2) is 11.5 Å². The molecule has 0 aliphatic carbocycles. The second-order valence-electron chi connectivity index (χ2n) is 4.97. The lowest BCUT2D eigenvalue weighted by atomic mass is 10.0. The van der Waals surface area contributed by atoms with Gasteiger partial charge in [-0.3, -0.25) is 9.69 Å². The van der Waals surface area contributed by atoms with Crippen LogP contribution in [0.25, 0.3) is 0 Å². The molecule has 1 aliphatic rings. The highest BCUT2D eigenvalue weighted by Crippen LogP contribution is 2.27. The van der Waals surface area contributed by atoms with Crippen LogP contribution in [0.1, 0.15) is 5.56 Å². The van der Waals surface area contributed by atoms with Crippen LogP contribution in [0.15, 0.2) is 18.2 Å². The molecule has 20 heavy (non-hydrogen) atoms. The van der Waals surface area contributed by atoms with Crippen molar-refractivity contribution in [3.8, 4) is 11.5 Å². The third kappa shape index (κ3) is 3.02. The molecule has 0 spiro atoms. The van der Waals surface area contributed by atoms with Gasteiger partial charge in [-0.2, -0.15) is 0 Å². The monoisotopic (exact) mass is 281 g/mol. The number of rotatable bonds is 5. The molecule has 1 aromatic carbocycles. The second-order valence-corrected chi connectivity index (χ2v) is 4.97. The largest absolute Gasteiger partial charge is 0.504 e. The number of aliphatic carboxylic acids is 1. The molecule has 0 radical (unpaired) electrons. The maximum atomic E-state index is 11.1. The van der Waals surface area contributed by atoms with Gasteiger partial charge < -0.3 is 19.7 Å². The normalized spacial score (nSPS) is 22.1. The van der Waals surface area contributed by atoms with Crippen LogP contribution >= 0.6 is 0 Å². The van der Waals surface area contributed by atoms with Crippen molar-refractivity contribution in [2.45, 2.75) is 12.6 Å². The first-order valence-corrected chi connectivity index (χ1v) is 6.39. The van der Waals surface area contributed by atoms with E-state index in [2.05, 4.69) is 0 Å². The Kier molecular flexibility index (Phi) is 4.46. The summed E-state index contributed by atoms with van der Waals surface area (Å²) < 4.78 is 10.3. The number of carboxylic acid groups (broad SMARTS) is 1. The summed E-state index contributed by atoms with van der Waals surface area (Å²) in [6.07, 6.45) is 0. The van der Waals surface area contributed by atoms with E-state index in [1.807, 2.05) is 18.0 Å². The first-order valence-electron chi connectivity index (χ1n) is 6.39. The Morgan fingerprint density at radius 2 is 2.25 bits per heavy atom. The predicted molar refractivity (Wildman–Crippen MR) is 71.9 cm³/mol. The number of hydrogen-bond acceptors (Lipinski definition) is 5. The van der Waals surface area contributed by atoms with Gasteiger partial charge in [0.25, 0.3) is 0 Å². The highest BCUT2D eigenvalue weighted by Gasteiger charge is 2.36. The SMILES string of the molecule is COc1ccc(CN(C)C2COCC2C(=O)O)cc1O. The highest BCUT2D eigenvalue weighted by atomic mass is 16.5. The Balaban J connectivity index is 2.05. The minimum Gasteiger partial charge on any atom is -0.504 e. The Labute approximate surface area is 117 Å². The molecule has 1 aromatic rings. The van der Waals surface area contributed by atoms with Crippen molar-refractivity contribution in [3.63, 3.8) is 0 Å². The Morgan fingerprint density at radius 3 is 2.85 bits per heavy atom. The summed E-state index contributed by atoms with van der Waals surface area (Å²) in [5, 5.41) is 18.9. The first-order chi connectivity index (χ1) is 9.52. The van der Waals surface area contributed by atoms with E-state index < -0.39 is 11.9 Å². The van der Waals surface area contributed by atoms with Crippen molar-refractivity contribution in [2.75, 3.05) is 27.4 Å². The van der Waals surface area contributed by atoms with Gasteiger partial charge in [0.05, 0.1) is 26.2 Å². The Hall–Kier alpha value is -1.79. The van der Waals surface area contributed by atoms with E-state index in [9.17, 15) is 9.90 Å². The lowest BCUT2D eigenvalue weighted by Gasteiger charge is -2.26. The van der Waals surface area contributed by atoms with Gasteiger partial charge in [0.1, 0.15) is 0 Å². The van der Waals surface area contributed by atoms with Gasteiger partial charge in [-0.1, -0.05) is 6.07 Å².